The summed E-state index contributed by atoms with van der Waals surface area (Å²) in [5.41, 5.74) is 0.790. The molecule has 1 aliphatic carbocycles. The van der Waals surface area contributed by atoms with Gasteiger partial charge >= 0.3 is 0 Å². The zero-order chi connectivity index (χ0) is 15.5. The smallest absolute Gasteiger partial charge is 0.251 e. The van der Waals surface area contributed by atoms with Crippen LogP contribution in [0.2, 0.25) is 0 Å². The van der Waals surface area contributed by atoms with Crippen molar-refractivity contribution in [1.29, 1.82) is 0 Å². The third-order valence-corrected chi connectivity index (χ3v) is 5.35. The van der Waals surface area contributed by atoms with Crippen LogP contribution in [0.3, 0.4) is 0 Å². The van der Waals surface area contributed by atoms with Crippen LogP contribution >= 0.6 is 31.9 Å². The molecule has 1 aromatic rings. The van der Waals surface area contributed by atoms with Crippen LogP contribution in [0.15, 0.2) is 27.1 Å². The highest BCUT2D eigenvalue weighted by Crippen LogP contribution is 2.31. The summed E-state index contributed by atoms with van der Waals surface area (Å²) < 4.78 is 1.81. The second-order valence-electron chi connectivity index (χ2n) is 6.02. The number of nitrogens with zero attached hydrogens (tertiary/aromatic N) is 1. The second-order valence-corrected chi connectivity index (χ2v) is 7.85. The van der Waals surface area contributed by atoms with Gasteiger partial charge in [0, 0.05) is 26.6 Å². The maximum Gasteiger partial charge on any atom is 0.251 e. The van der Waals surface area contributed by atoms with E-state index in [1.807, 2.05) is 18.2 Å². The van der Waals surface area contributed by atoms with Crippen LogP contribution in [0.25, 0.3) is 0 Å². The van der Waals surface area contributed by atoms with E-state index < -0.39 is 0 Å². The van der Waals surface area contributed by atoms with Gasteiger partial charge in [0.15, 0.2) is 0 Å². The van der Waals surface area contributed by atoms with Crippen LogP contribution in [0.4, 0.5) is 0 Å². The van der Waals surface area contributed by atoms with E-state index in [0.29, 0.717) is 12.1 Å². The molecule has 1 aromatic carbocycles. The first kappa shape index (κ1) is 17.0. The van der Waals surface area contributed by atoms with Crippen molar-refractivity contribution in [3.05, 3.63) is 32.7 Å². The largest absolute Gasteiger partial charge is 0.350 e. The van der Waals surface area contributed by atoms with Gasteiger partial charge in [-0.25, -0.2) is 0 Å². The SMILES string of the molecule is CN(C)C1(CNC(=O)c2cc(Br)cc(Br)c2)CCCCC1. The Labute approximate surface area is 143 Å². The van der Waals surface area contributed by atoms with Crippen molar-refractivity contribution >= 4 is 37.8 Å². The lowest BCUT2D eigenvalue weighted by atomic mass is 9.80. The number of rotatable bonds is 4. The molecule has 1 N–H and O–H groups in total. The molecule has 0 atom stereocenters. The molecule has 0 radical (unpaired) electrons. The minimum atomic E-state index is -0.0104. The number of benzene rings is 1. The van der Waals surface area contributed by atoms with Crippen LogP contribution < -0.4 is 5.32 Å². The first-order chi connectivity index (χ1) is 9.93. The summed E-state index contributed by atoms with van der Waals surface area (Å²) in [6, 6.07) is 5.63. The summed E-state index contributed by atoms with van der Waals surface area (Å²) in [5.74, 6) is -0.0104. The molecular weight excluding hydrogens is 396 g/mol. The summed E-state index contributed by atoms with van der Waals surface area (Å²) in [4.78, 5) is 14.7. The molecule has 1 saturated carbocycles. The average molecular weight is 418 g/mol. The lowest BCUT2D eigenvalue weighted by molar-refractivity contribution is 0.0799. The molecule has 0 spiro atoms. The first-order valence-electron chi connectivity index (χ1n) is 7.35. The lowest BCUT2D eigenvalue weighted by Gasteiger charge is -2.43. The number of carbonyl (C=O) groups is 1. The Morgan fingerprint density at radius 2 is 1.71 bits per heavy atom. The van der Waals surface area contributed by atoms with Crippen molar-refractivity contribution in [2.24, 2.45) is 0 Å². The molecule has 116 valence electrons. The maximum absolute atomic E-state index is 12.4. The molecule has 1 aliphatic rings. The van der Waals surface area contributed by atoms with Crippen molar-refractivity contribution < 1.29 is 4.79 Å². The molecule has 21 heavy (non-hydrogen) atoms. The standard InChI is InChI=1S/C16H22Br2N2O/c1-20(2)16(6-4-3-5-7-16)11-19-15(21)12-8-13(17)10-14(18)9-12/h8-10H,3-7,11H2,1-2H3,(H,19,21). The average Bonchev–Trinajstić information content (AvgIpc) is 2.44. The van der Waals surface area contributed by atoms with E-state index in [9.17, 15) is 4.79 Å². The fourth-order valence-electron chi connectivity index (χ4n) is 3.02. The quantitative estimate of drug-likeness (QED) is 0.795. The van der Waals surface area contributed by atoms with E-state index in [4.69, 9.17) is 0 Å². The van der Waals surface area contributed by atoms with Crippen LogP contribution in [0.1, 0.15) is 42.5 Å². The van der Waals surface area contributed by atoms with Crippen molar-refractivity contribution in [3.63, 3.8) is 0 Å². The Balaban J connectivity index is 2.05. The molecule has 0 bridgehead atoms. The van der Waals surface area contributed by atoms with Crippen molar-refractivity contribution in [3.8, 4) is 0 Å². The van der Waals surface area contributed by atoms with Gasteiger partial charge in [-0.1, -0.05) is 51.1 Å². The number of nitrogens with one attached hydrogen (secondary N) is 1. The normalized spacial score (nSPS) is 17.8. The molecule has 0 aromatic heterocycles. The number of halogens is 2. The Bertz CT molecular complexity index is 491. The van der Waals surface area contributed by atoms with E-state index >= 15 is 0 Å². The molecular formula is C16H22Br2N2O. The Morgan fingerprint density at radius 1 is 1.14 bits per heavy atom. The molecule has 0 saturated heterocycles. The van der Waals surface area contributed by atoms with Crippen molar-refractivity contribution in [1.82, 2.24) is 10.2 Å². The molecule has 1 fully saturated rings. The van der Waals surface area contributed by atoms with Crippen LogP contribution in [0, 0.1) is 0 Å². The van der Waals surface area contributed by atoms with E-state index in [1.54, 1.807) is 0 Å². The monoisotopic (exact) mass is 416 g/mol. The highest BCUT2D eigenvalue weighted by molar-refractivity contribution is 9.11. The topological polar surface area (TPSA) is 32.3 Å². The van der Waals surface area contributed by atoms with Crippen LogP contribution in [-0.2, 0) is 0 Å². The zero-order valence-corrected chi connectivity index (χ0v) is 15.8. The predicted molar refractivity (Wildman–Crippen MR) is 93.7 cm³/mol. The van der Waals surface area contributed by atoms with Gasteiger partial charge in [-0.15, -0.1) is 0 Å². The van der Waals surface area contributed by atoms with Gasteiger partial charge in [-0.05, 0) is 45.1 Å². The van der Waals surface area contributed by atoms with E-state index in [-0.39, 0.29) is 11.4 Å². The van der Waals surface area contributed by atoms with E-state index in [1.165, 1.54) is 19.3 Å². The number of hydrogen-bond donors (Lipinski definition) is 1. The Kier molecular flexibility index (Phi) is 5.86. The minimum Gasteiger partial charge on any atom is -0.350 e. The fraction of sp³-hybridized carbons (Fsp3) is 0.562. The molecule has 0 aliphatic heterocycles. The Morgan fingerprint density at radius 3 is 2.24 bits per heavy atom. The maximum atomic E-state index is 12.4. The van der Waals surface area contributed by atoms with Crippen LogP contribution in [-0.4, -0.2) is 37.0 Å². The van der Waals surface area contributed by atoms with Crippen molar-refractivity contribution in [2.75, 3.05) is 20.6 Å². The third kappa shape index (κ3) is 4.30. The number of amides is 1. The zero-order valence-electron chi connectivity index (χ0n) is 12.6. The van der Waals surface area contributed by atoms with E-state index in [0.717, 1.165) is 21.8 Å². The van der Waals surface area contributed by atoms with E-state index in [2.05, 4.69) is 56.2 Å². The summed E-state index contributed by atoms with van der Waals surface area (Å²) in [6.45, 7) is 0.711. The lowest BCUT2D eigenvalue weighted by Crippen LogP contribution is -2.53. The van der Waals surface area contributed by atoms with Gasteiger partial charge in [0.1, 0.15) is 0 Å². The molecule has 0 heterocycles. The highest BCUT2D eigenvalue weighted by atomic mass is 79.9. The molecule has 3 nitrogen and oxygen atoms in total. The fourth-order valence-corrected chi connectivity index (χ4v) is 4.32. The van der Waals surface area contributed by atoms with Crippen molar-refractivity contribution in [2.45, 2.75) is 37.6 Å². The third-order valence-electron chi connectivity index (χ3n) is 4.44. The number of likely N-dealkylation sites (N-methyl/N-ethyl adjacent to an activating group) is 1. The number of carbonyl (C=O) groups excluding carboxylic acids is 1. The molecule has 0 unspecified atom stereocenters. The minimum absolute atomic E-state index is 0.0104. The van der Waals surface area contributed by atoms with Crippen LogP contribution in [0.5, 0.6) is 0 Å². The van der Waals surface area contributed by atoms with Gasteiger partial charge in [0.05, 0.1) is 0 Å². The highest BCUT2D eigenvalue weighted by Gasteiger charge is 2.34. The Hall–Kier alpha value is -0.390. The van der Waals surface area contributed by atoms with Gasteiger partial charge in [-0.2, -0.15) is 0 Å². The summed E-state index contributed by atoms with van der Waals surface area (Å²) in [7, 11) is 4.24. The summed E-state index contributed by atoms with van der Waals surface area (Å²) in [6.07, 6.45) is 6.11. The summed E-state index contributed by atoms with van der Waals surface area (Å²) in [5, 5.41) is 3.12. The summed E-state index contributed by atoms with van der Waals surface area (Å²) >= 11 is 6.85. The first-order valence-corrected chi connectivity index (χ1v) is 8.93. The van der Waals surface area contributed by atoms with Gasteiger partial charge in [0.2, 0.25) is 0 Å². The van der Waals surface area contributed by atoms with Gasteiger partial charge < -0.3 is 10.2 Å². The van der Waals surface area contributed by atoms with Gasteiger partial charge in [0.25, 0.3) is 5.91 Å². The second kappa shape index (κ2) is 7.25. The number of hydrogen-bond acceptors (Lipinski definition) is 2. The molecule has 1 amide bonds. The molecule has 5 heteroatoms. The molecule has 2 rings (SSSR count). The predicted octanol–water partition coefficient (Wildman–Crippen LogP) is 4.21. The van der Waals surface area contributed by atoms with Gasteiger partial charge in [-0.3, -0.25) is 4.79 Å².